The van der Waals surface area contributed by atoms with E-state index in [0.717, 1.165) is 6.42 Å². The molecule has 2 aromatic rings. The van der Waals surface area contributed by atoms with Crippen LogP contribution in [0.15, 0.2) is 41.8 Å². The average Bonchev–Trinajstić information content (AvgIpc) is 3.14. The van der Waals surface area contributed by atoms with Crippen molar-refractivity contribution < 1.29 is 14.4 Å². The van der Waals surface area contributed by atoms with Crippen LogP contribution in [0.4, 0.5) is 5.69 Å². The minimum absolute atomic E-state index is 0.187. The Morgan fingerprint density at radius 1 is 1.08 bits per heavy atom. The molecule has 1 aromatic carbocycles. The van der Waals surface area contributed by atoms with Crippen LogP contribution in [0.3, 0.4) is 0 Å². The summed E-state index contributed by atoms with van der Waals surface area (Å²) < 4.78 is 0. The summed E-state index contributed by atoms with van der Waals surface area (Å²) in [7, 11) is 0. The molecule has 0 fully saturated rings. The highest BCUT2D eigenvalue weighted by Crippen LogP contribution is 2.14. The van der Waals surface area contributed by atoms with Gasteiger partial charge < -0.3 is 16.0 Å². The normalized spacial score (nSPS) is 11.4. The van der Waals surface area contributed by atoms with E-state index in [1.54, 1.807) is 37.3 Å². The van der Waals surface area contributed by atoms with Crippen molar-refractivity contribution in [3.63, 3.8) is 0 Å². The molecule has 0 unspecified atom stereocenters. The predicted octanol–water partition coefficient (Wildman–Crippen LogP) is 2.64. The molecule has 0 radical (unpaired) electrons. The van der Waals surface area contributed by atoms with Crippen LogP contribution in [0.1, 0.15) is 40.3 Å². The van der Waals surface area contributed by atoms with Crippen LogP contribution < -0.4 is 16.0 Å². The molecule has 0 aliphatic carbocycles. The first-order valence-electron chi connectivity index (χ1n) is 8.04. The van der Waals surface area contributed by atoms with Gasteiger partial charge in [-0.2, -0.15) is 0 Å². The van der Waals surface area contributed by atoms with E-state index in [1.165, 1.54) is 11.3 Å². The van der Waals surface area contributed by atoms with Gasteiger partial charge in [0, 0.05) is 17.8 Å². The average molecular weight is 359 g/mol. The van der Waals surface area contributed by atoms with Crippen molar-refractivity contribution in [3.05, 3.63) is 52.2 Å². The fraction of sp³-hybridized carbons (Fsp3) is 0.278. The van der Waals surface area contributed by atoms with Crippen molar-refractivity contribution in [2.75, 3.05) is 11.9 Å². The van der Waals surface area contributed by atoms with E-state index < -0.39 is 6.04 Å². The second kappa shape index (κ2) is 8.98. The maximum atomic E-state index is 12.2. The zero-order valence-corrected chi connectivity index (χ0v) is 15.0. The zero-order chi connectivity index (χ0) is 18.2. The lowest BCUT2D eigenvalue weighted by Crippen LogP contribution is -2.44. The van der Waals surface area contributed by atoms with Crippen LogP contribution in [-0.4, -0.2) is 30.3 Å². The highest BCUT2D eigenvalue weighted by atomic mass is 32.1. The summed E-state index contributed by atoms with van der Waals surface area (Å²) >= 11 is 1.36. The minimum atomic E-state index is -0.614. The van der Waals surface area contributed by atoms with Crippen LogP contribution in [0.2, 0.25) is 0 Å². The van der Waals surface area contributed by atoms with Gasteiger partial charge in [0.05, 0.1) is 4.88 Å². The largest absolute Gasteiger partial charge is 0.354 e. The van der Waals surface area contributed by atoms with Gasteiger partial charge in [-0.3, -0.25) is 14.4 Å². The highest BCUT2D eigenvalue weighted by molar-refractivity contribution is 7.12. The number of amides is 3. The topological polar surface area (TPSA) is 87.3 Å². The van der Waals surface area contributed by atoms with Crippen LogP contribution in [0, 0.1) is 0 Å². The molecule has 25 heavy (non-hydrogen) atoms. The van der Waals surface area contributed by atoms with E-state index in [9.17, 15) is 14.4 Å². The Labute approximate surface area is 150 Å². The summed E-state index contributed by atoms with van der Waals surface area (Å²) in [5.41, 5.74) is 1.02. The predicted molar refractivity (Wildman–Crippen MR) is 98.9 cm³/mol. The number of carbonyl (C=O) groups is 3. The molecule has 0 bridgehead atoms. The molecule has 132 valence electrons. The Balaban J connectivity index is 1.91. The zero-order valence-electron chi connectivity index (χ0n) is 14.2. The van der Waals surface area contributed by atoms with Crippen molar-refractivity contribution in [3.8, 4) is 0 Å². The van der Waals surface area contributed by atoms with Crippen LogP contribution in [0.5, 0.6) is 0 Å². The molecule has 0 aliphatic heterocycles. The second-order valence-corrected chi connectivity index (χ2v) is 6.44. The molecule has 1 heterocycles. The fourth-order valence-electron chi connectivity index (χ4n) is 2.05. The van der Waals surface area contributed by atoms with Gasteiger partial charge in [0.1, 0.15) is 6.04 Å². The molecule has 7 heteroatoms. The van der Waals surface area contributed by atoms with E-state index in [0.29, 0.717) is 22.7 Å². The Kier molecular flexibility index (Phi) is 6.71. The summed E-state index contributed by atoms with van der Waals surface area (Å²) in [4.78, 5) is 36.6. The molecular weight excluding hydrogens is 338 g/mol. The lowest BCUT2D eigenvalue weighted by atomic mass is 10.1. The quantitative estimate of drug-likeness (QED) is 0.710. The highest BCUT2D eigenvalue weighted by Gasteiger charge is 2.16. The molecule has 0 saturated heterocycles. The van der Waals surface area contributed by atoms with Crippen LogP contribution >= 0.6 is 11.3 Å². The molecule has 0 spiro atoms. The third-order valence-corrected chi connectivity index (χ3v) is 4.31. The molecule has 6 nitrogen and oxygen atoms in total. The number of carbonyl (C=O) groups excluding carboxylic acids is 3. The van der Waals surface area contributed by atoms with E-state index in [1.807, 2.05) is 18.4 Å². The first-order chi connectivity index (χ1) is 12.0. The van der Waals surface area contributed by atoms with E-state index in [-0.39, 0.29) is 17.7 Å². The minimum Gasteiger partial charge on any atom is -0.354 e. The first kappa shape index (κ1) is 18.7. The molecular formula is C18H21N3O3S. The molecule has 1 atom stereocenters. The third-order valence-electron chi connectivity index (χ3n) is 3.44. The van der Waals surface area contributed by atoms with Gasteiger partial charge >= 0.3 is 0 Å². The van der Waals surface area contributed by atoms with Crippen molar-refractivity contribution in [2.24, 2.45) is 0 Å². The maximum Gasteiger partial charge on any atom is 0.265 e. The molecule has 3 N–H and O–H groups in total. The summed E-state index contributed by atoms with van der Waals surface area (Å²) in [6.45, 7) is 4.18. The Morgan fingerprint density at radius 2 is 1.80 bits per heavy atom. The standard InChI is InChI=1S/C18H21N3O3S/c1-3-10-19-16(22)12(2)20-17(23)13-6-8-14(9-7-13)21-18(24)15-5-4-11-25-15/h4-9,11-12H,3,10H2,1-2H3,(H,19,22)(H,20,23)(H,21,24)/t12-/m0/s1. The SMILES string of the molecule is CCCNC(=O)[C@H](C)NC(=O)c1ccc(NC(=O)c2cccs2)cc1. The number of benzene rings is 1. The summed E-state index contributed by atoms with van der Waals surface area (Å²) in [5.74, 6) is -0.737. The summed E-state index contributed by atoms with van der Waals surface area (Å²) in [6.07, 6.45) is 0.838. The second-order valence-electron chi connectivity index (χ2n) is 5.49. The van der Waals surface area contributed by atoms with Gasteiger partial charge in [-0.1, -0.05) is 13.0 Å². The van der Waals surface area contributed by atoms with Gasteiger partial charge in [0.2, 0.25) is 5.91 Å². The van der Waals surface area contributed by atoms with Crippen molar-refractivity contribution >= 4 is 34.7 Å². The molecule has 2 rings (SSSR count). The number of nitrogens with one attached hydrogen (secondary N) is 3. The number of hydrogen-bond donors (Lipinski definition) is 3. The number of rotatable bonds is 7. The Bertz CT molecular complexity index is 727. The van der Waals surface area contributed by atoms with Crippen LogP contribution in [0.25, 0.3) is 0 Å². The van der Waals surface area contributed by atoms with E-state index in [2.05, 4.69) is 16.0 Å². The van der Waals surface area contributed by atoms with Crippen LogP contribution in [-0.2, 0) is 4.79 Å². The van der Waals surface area contributed by atoms with E-state index >= 15 is 0 Å². The number of thiophene rings is 1. The van der Waals surface area contributed by atoms with Crippen molar-refractivity contribution in [1.29, 1.82) is 0 Å². The first-order valence-corrected chi connectivity index (χ1v) is 8.92. The van der Waals surface area contributed by atoms with Gasteiger partial charge in [-0.25, -0.2) is 0 Å². The molecule has 0 saturated carbocycles. The Morgan fingerprint density at radius 3 is 2.40 bits per heavy atom. The van der Waals surface area contributed by atoms with Crippen molar-refractivity contribution in [2.45, 2.75) is 26.3 Å². The number of anilines is 1. The molecule has 0 aliphatic rings. The maximum absolute atomic E-state index is 12.2. The lowest BCUT2D eigenvalue weighted by Gasteiger charge is -2.14. The third kappa shape index (κ3) is 5.42. The van der Waals surface area contributed by atoms with Crippen molar-refractivity contribution in [1.82, 2.24) is 10.6 Å². The Hall–Kier alpha value is -2.67. The fourth-order valence-corrected chi connectivity index (χ4v) is 2.67. The monoisotopic (exact) mass is 359 g/mol. The number of hydrogen-bond acceptors (Lipinski definition) is 4. The van der Waals surface area contributed by atoms with Gasteiger partial charge in [0.25, 0.3) is 11.8 Å². The smallest absolute Gasteiger partial charge is 0.265 e. The molecule has 1 aromatic heterocycles. The van der Waals surface area contributed by atoms with Gasteiger partial charge in [-0.15, -0.1) is 11.3 Å². The van der Waals surface area contributed by atoms with Gasteiger partial charge in [0.15, 0.2) is 0 Å². The van der Waals surface area contributed by atoms with E-state index in [4.69, 9.17) is 0 Å². The lowest BCUT2D eigenvalue weighted by molar-refractivity contribution is -0.122. The molecule has 3 amide bonds. The van der Waals surface area contributed by atoms with Gasteiger partial charge in [-0.05, 0) is 49.1 Å². The summed E-state index contributed by atoms with van der Waals surface area (Å²) in [5, 5.41) is 9.99. The summed E-state index contributed by atoms with van der Waals surface area (Å²) in [6, 6.07) is 9.46.